The van der Waals surface area contributed by atoms with Crippen molar-refractivity contribution >= 4 is 53.1 Å². The van der Waals surface area contributed by atoms with Gasteiger partial charge in [0.2, 0.25) is 5.91 Å². The molecule has 4 heterocycles. The summed E-state index contributed by atoms with van der Waals surface area (Å²) < 4.78 is 2.02. The molecule has 11 heteroatoms. The zero-order valence-electron chi connectivity index (χ0n) is 17.1. The third kappa shape index (κ3) is 4.89. The summed E-state index contributed by atoms with van der Waals surface area (Å²) in [7, 11) is 0. The number of hydrogen-bond donors (Lipinski definition) is 4. The number of nitrogens with zero attached hydrogens (tertiary/aromatic N) is 3. The molecular formula is C20H27Cl2N7O2. The van der Waals surface area contributed by atoms with Crippen molar-refractivity contribution < 1.29 is 4.79 Å². The second-order valence-electron chi connectivity index (χ2n) is 7.76. The predicted octanol–water partition coefficient (Wildman–Crippen LogP) is 2.17. The number of nitrogens with one attached hydrogen (secondary N) is 4. The molecule has 1 saturated heterocycles. The van der Waals surface area contributed by atoms with Gasteiger partial charge in [0, 0.05) is 39.0 Å². The van der Waals surface area contributed by atoms with E-state index in [0.717, 1.165) is 68.2 Å². The van der Waals surface area contributed by atoms with Gasteiger partial charge in [0.1, 0.15) is 0 Å². The van der Waals surface area contributed by atoms with E-state index in [4.69, 9.17) is 0 Å². The summed E-state index contributed by atoms with van der Waals surface area (Å²) in [6.07, 6.45) is 3.24. The Morgan fingerprint density at radius 3 is 2.55 bits per heavy atom. The molecule has 3 aromatic rings. The minimum Gasteiger partial charge on any atom is -0.370 e. The first-order valence-electron chi connectivity index (χ1n) is 10.2. The lowest BCUT2D eigenvalue weighted by Gasteiger charge is -2.21. The number of rotatable bonds is 5. The fraction of sp³-hybridized carbons (Fsp3) is 0.450. The van der Waals surface area contributed by atoms with Gasteiger partial charge in [-0.2, -0.15) is 5.10 Å². The average Bonchev–Trinajstić information content (AvgIpc) is 3.44. The maximum Gasteiger partial charge on any atom is 0.323 e. The van der Waals surface area contributed by atoms with Gasteiger partial charge in [0.25, 0.3) is 0 Å². The normalized spacial score (nSPS) is 15.3. The maximum atomic E-state index is 12.7. The number of aromatic nitrogens is 4. The van der Waals surface area contributed by atoms with E-state index in [1.54, 1.807) is 0 Å². The lowest BCUT2D eigenvalue weighted by atomic mass is 10.2. The lowest BCUT2D eigenvalue weighted by Crippen LogP contribution is -2.28. The number of carbonyl (C=O) groups is 1. The van der Waals surface area contributed by atoms with Gasteiger partial charge in [-0.1, -0.05) is 0 Å². The van der Waals surface area contributed by atoms with E-state index in [0.29, 0.717) is 18.4 Å². The molecule has 0 atom stereocenters. The van der Waals surface area contributed by atoms with Crippen LogP contribution < -0.4 is 21.2 Å². The lowest BCUT2D eigenvalue weighted by molar-refractivity contribution is -0.116. The van der Waals surface area contributed by atoms with E-state index in [1.807, 2.05) is 16.8 Å². The molecule has 2 aliphatic rings. The van der Waals surface area contributed by atoms with Crippen LogP contribution in [0.3, 0.4) is 0 Å². The van der Waals surface area contributed by atoms with Crippen molar-refractivity contribution in [1.82, 2.24) is 25.1 Å². The number of benzene rings is 1. The summed E-state index contributed by atoms with van der Waals surface area (Å²) >= 11 is 0. The van der Waals surface area contributed by atoms with Crippen molar-refractivity contribution in [3.63, 3.8) is 0 Å². The number of fused-ring (bicyclic) bond motifs is 2. The highest BCUT2D eigenvalue weighted by molar-refractivity contribution is 5.98. The number of anilines is 2. The van der Waals surface area contributed by atoms with Crippen LogP contribution in [0.2, 0.25) is 0 Å². The smallest absolute Gasteiger partial charge is 0.323 e. The highest BCUT2D eigenvalue weighted by atomic mass is 35.5. The summed E-state index contributed by atoms with van der Waals surface area (Å²) in [5, 5.41) is 11.0. The Bertz CT molecular complexity index is 1090. The van der Waals surface area contributed by atoms with E-state index in [-0.39, 0.29) is 36.4 Å². The number of hydrogen-bond acceptors (Lipinski definition) is 5. The molecule has 9 nitrogen and oxygen atoms in total. The molecule has 5 rings (SSSR count). The first kappa shape index (κ1) is 23.2. The van der Waals surface area contributed by atoms with Gasteiger partial charge in [0.15, 0.2) is 0 Å². The first-order chi connectivity index (χ1) is 14.2. The minimum atomic E-state index is -0.242. The van der Waals surface area contributed by atoms with Crippen LogP contribution in [0, 0.1) is 0 Å². The molecule has 0 saturated carbocycles. The summed E-state index contributed by atoms with van der Waals surface area (Å²) in [6.45, 7) is 4.54. The standard InChI is InChI=1S/C20H25N7O2.2ClH/c28-19(4-3-13-9-14-12-21-5-8-27(14)25-13)22-17-10-15-16(24-20(29)23-15)11-18(17)26-6-1-2-7-26;;/h9-11,21H,1-8,12H2,(H,22,28)(H2,23,24,29);2*1H. The Labute approximate surface area is 191 Å². The van der Waals surface area contributed by atoms with E-state index in [2.05, 4.69) is 36.7 Å². The third-order valence-corrected chi connectivity index (χ3v) is 5.68. The van der Waals surface area contributed by atoms with Crippen molar-refractivity contribution in [2.75, 3.05) is 29.9 Å². The minimum absolute atomic E-state index is 0. The van der Waals surface area contributed by atoms with Crippen molar-refractivity contribution in [2.24, 2.45) is 0 Å². The summed E-state index contributed by atoms with van der Waals surface area (Å²) in [4.78, 5) is 32.2. The van der Waals surface area contributed by atoms with E-state index in [1.165, 1.54) is 5.69 Å². The molecule has 2 aromatic heterocycles. The second kappa shape index (κ2) is 9.76. The molecular weight excluding hydrogens is 441 g/mol. The monoisotopic (exact) mass is 467 g/mol. The highest BCUT2D eigenvalue weighted by Crippen LogP contribution is 2.32. The number of halogens is 2. The number of H-pyrrole nitrogens is 2. The SMILES string of the molecule is Cl.Cl.O=C(CCc1cc2n(n1)CCNC2)Nc1cc2[nH]c(=O)[nH]c2cc1N1CCCC1. The fourth-order valence-corrected chi connectivity index (χ4v) is 4.22. The highest BCUT2D eigenvalue weighted by Gasteiger charge is 2.19. The Morgan fingerprint density at radius 2 is 1.81 bits per heavy atom. The molecule has 1 fully saturated rings. The molecule has 0 spiro atoms. The van der Waals surface area contributed by atoms with Crippen LogP contribution in [0.4, 0.5) is 11.4 Å². The van der Waals surface area contributed by atoms with Gasteiger partial charge in [-0.3, -0.25) is 9.48 Å². The Balaban J connectivity index is 0.00000136. The van der Waals surface area contributed by atoms with Gasteiger partial charge < -0.3 is 25.5 Å². The zero-order valence-corrected chi connectivity index (χ0v) is 18.7. The van der Waals surface area contributed by atoms with Gasteiger partial charge in [-0.05, 0) is 31.0 Å². The molecule has 0 aliphatic carbocycles. The fourth-order valence-electron chi connectivity index (χ4n) is 4.22. The first-order valence-corrected chi connectivity index (χ1v) is 10.2. The van der Waals surface area contributed by atoms with Crippen LogP contribution in [0.15, 0.2) is 23.0 Å². The number of carbonyl (C=O) groups excluding carboxylic acids is 1. The van der Waals surface area contributed by atoms with Crippen LogP contribution in [-0.4, -0.2) is 45.3 Å². The van der Waals surface area contributed by atoms with Gasteiger partial charge in [-0.15, -0.1) is 24.8 Å². The molecule has 1 amide bonds. The number of aryl methyl sites for hydroxylation is 1. The predicted molar refractivity (Wildman–Crippen MR) is 126 cm³/mol. The zero-order chi connectivity index (χ0) is 19.8. The molecule has 0 bridgehead atoms. The molecule has 0 radical (unpaired) electrons. The number of imidazole rings is 1. The van der Waals surface area contributed by atoms with Crippen LogP contribution in [0.5, 0.6) is 0 Å². The van der Waals surface area contributed by atoms with Crippen LogP contribution in [-0.2, 0) is 24.3 Å². The van der Waals surface area contributed by atoms with Crippen molar-refractivity contribution in [3.05, 3.63) is 40.1 Å². The summed E-state index contributed by atoms with van der Waals surface area (Å²) in [5.74, 6) is -0.0493. The van der Waals surface area contributed by atoms with Gasteiger partial charge in [-0.25, -0.2) is 4.79 Å². The molecule has 168 valence electrons. The van der Waals surface area contributed by atoms with Crippen LogP contribution in [0.25, 0.3) is 11.0 Å². The van der Waals surface area contributed by atoms with E-state index in [9.17, 15) is 9.59 Å². The Morgan fingerprint density at radius 1 is 1.06 bits per heavy atom. The van der Waals surface area contributed by atoms with Gasteiger partial charge >= 0.3 is 5.69 Å². The van der Waals surface area contributed by atoms with Crippen LogP contribution >= 0.6 is 24.8 Å². The Kier molecular flexibility index (Phi) is 7.30. The van der Waals surface area contributed by atoms with Crippen molar-refractivity contribution in [2.45, 2.75) is 38.8 Å². The van der Waals surface area contributed by atoms with Crippen molar-refractivity contribution in [3.8, 4) is 0 Å². The van der Waals surface area contributed by atoms with Gasteiger partial charge in [0.05, 0.1) is 40.3 Å². The molecule has 0 unspecified atom stereocenters. The maximum absolute atomic E-state index is 12.7. The topological polar surface area (TPSA) is 111 Å². The van der Waals surface area contributed by atoms with Crippen molar-refractivity contribution in [1.29, 1.82) is 0 Å². The van der Waals surface area contributed by atoms with E-state index >= 15 is 0 Å². The number of aromatic amines is 2. The molecule has 31 heavy (non-hydrogen) atoms. The van der Waals surface area contributed by atoms with Crippen LogP contribution in [0.1, 0.15) is 30.7 Å². The molecule has 4 N–H and O–H groups in total. The Hall–Kier alpha value is -2.49. The summed E-state index contributed by atoms with van der Waals surface area (Å²) in [6, 6.07) is 5.87. The third-order valence-electron chi connectivity index (χ3n) is 5.68. The van der Waals surface area contributed by atoms with E-state index < -0.39 is 0 Å². The summed E-state index contributed by atoms with van der Waals surface area (Å²) in [5.41, 5.74) is 5.03. The second-order valence-corrected chi connectivity index (χ2v) is 7.76. The molecule has 2 aliphatic heterocycles. The quantitative estimate of drug-likeness (QED) is 0.459. The largest absolute Gasteiger partial charge is 0.370 e. The number of amides is 1. The average molecular weight is 468 g/mol. The molecule has 1 aromatic carbocycles.